The zero-order chi connectivity index (χ0) is 47.6. The Kier molecular flexibility index (Phi) is 13.3. The van der Waals surface area contributed by atoms with Crippen LogP contribution in [0, 0.1) is 34.9 Å². The molecule has 0 unspecified atom stereocenters. The number of anilines is 4. The second-order valence-electron chi connectivity index (χ2n) is 16.0. The second kappa shape index (κ2) is 19.7. The zero-order valence-corrected chi connectivity index (χ0v) is 37.7. The van der Waals surface area contributed by atoms with Crippen LogP contribution >= 0.6 is 23.2 Å². The molecule has 2 aliphatic rings. The summed E-state index contributed by atoms with van der Waals surface area (Å²) >= 11 is 11.8. The summed E-state index contributed by atoms with van der Waals surface area (Å²) in [6, 6.07) is 15.1. The Balaban J connectivity index is 0.000000170. The van der Waals surface area contributed by atoms with Gasteiger partial charge in [-0.05, 0) is 85.3 Å². The molecule has 2 atom stereocenters. The summed E-state index contributed by atoms with van der Waals surface area (Å²) in [7, 11) is 3.12. The van der Waals surface area contributed by atoms with Gasteiger partial charge in [-0.1, -0.05) is 36.0 Å². The summed E-state index contributed by atoms with van der Waals surface area (Å²) in [5, 5.41) is 16.1. The largest absolute Gasteiger partial charge is 0.494 e. The summed E-state index contributed by atoms with van der Waals surface area (Å²) in [5.41, 5.74) is 3.54. The van der Waals surface area contributed by atoms with E-state index in [0.29, 0.717) is 93.8 Å². The van der Waals surface area contributed by atoms with Gasteiger partial charge in [0.25, 0.3) is 0 Å². The molecular formula is C46H40Cl2F6N12O2. The summed E-state index contributed by atoms with van der Waals surface area (Å²) in [5.74, 6) is -5.63. The molecule has 352 valence electrons. The number of hydrogen-bond acceptors (Lipinski definition) is 10. The van der Waals surface area contributed by atoms with Crippen molar-refractivity contribution in [3.05, 3.63) is 154 Å². The van der Waals surface area contributed by atoms with E-state index >= 15 is 0 Å². The van der Waals surface area contributed by atoms with E-state index in [-0.39, 0.29) is 0 Å². The van der Waals surface area contributed by atoms with Crippen molar-refractivity contribution in [1.82, 2.24) is 48.6 Å². The number of aromatic nitrogens is 10. The molecule has 14 nitrogen and oxygen atoms in total. The smallest absolute Gasteiger partial charge is 0.246 e. The molecule has 2 aliphatic heterocycles. The molecule has 2 N–H and O–H groups in total. The van der Waals surface area contributed by atoms with Crippen LogP contribution in [0.2, 0.25) is 10.3 Å². The third-order valence-corrected chi connectivity index (χ3v) is 12.0. The second-order valence-corrected chi connectivity index (χ2v) is 16.7. The molecule has 4 aromatic heterocycles. The highest BCUT2D eigenvalue weighted by Crippen LogP contribution is 2.37. The quantitative estimate of drug-likeness (QED) is 0.101. The van der Waals surface area contributed by atoms with Crippen LogP contribution in [0.4, 0.5) is 49.6 Å². The van der Waals surface area contributed by atoms with E-state index in [9.17, 15) is 26.3 Å². The lowest BCUT2D eigenvalue weighted by molar-refractivity contribution is 0.413. The highest BCUT2D eigenvalue weighted by molar-refractivity contribution is 6.29. The van der Waals surface area contributed by atoms with Gasteiger partial charge in [-0.25, -0.2) is 45.7 Å². The minimum Gasteiger partial charge on any atom is -0.494 e. The first-order valence-corrected chi connectivity index (χ1v) is 22.1. The van der Waals surface area contributed by atoms with E-state index in [2.05, 4.69) is 40.8 Å². The molecule has 0 fully saturated rings. The van der Waals surface area contributed by atoms with Crippen LogP contribution in [0.15, 0.2) is 85.7 Å². The molecule has 0 amide bonds. The van der Waals surface area contributed by atoms with E-state index in [4.69, 9.17) is 32.7 Å². The van der Waals surface area contributed by atoms with Crippen molar-refractivity contribution in [3.8, 4) is 22.9 Å². The summed E-state index contributed by atoms with van der Waals surface area (Å²) in [6.07, 6.45) is 11.1. The molecule has 0 bridgehead atoms. The fourth-order valence-corrected chi connectivity index (χ4v) is 8.68. The van der Waals surface area contributed by atoms with Crippen molar-refractivity contribution in [1.29, 1.82) is 0 Å². The SMILES string of the molecule is COc1cc(Nc2nc3n(n2)CCCC[C@@H]3c2cc(F)c(F)c(F)c2)ccc1-n1cnc(Cl)c1.COc1cc(Nc2nc3n(n2)CCCC[C@H]3c2cc(F)c(F)c(F)c2)ccc1-n1cnc(Cl)c1. The maximum Gasteiger partial charge on any atom is 0.246 e. The van der Waals surface area contributed by atoms with Gasteiger partial charge in [0.15, 0.2) is 34.9 Å². The molecule has 68 heavy (non-hydrogen) atoms. The molecule has 10 rings (SSSR count). The number of ether oxygens (including phenoxy) is 2. The van der Waals surface area contributed by atoms with Crippen LogP contribution in [0.25, 0.3) is 11.4 Å². The third kappa shape index (κ3) is 9.68. The number of methoxy groups -OCH3 is 2. The number of nitrogens with zero attached hydrogens (tertiary/aromatic N) is 10. The third-order valence-electron chi connectivity index (χ3n) is 11.6. The molecule has 0 radical (unpaired) electrons. The molecule has 0 saturated heterocycles. The Morgan fingerprint density at radius 2 is 0.956 bits per heavy atom. The van der Waals surface area contributed by atoms with Crippen molar-refractivity contribution in [3.63, 3.8) is 0 Å². The van der Waals surface area contributed by atoms with Crippen LogP contribution in [-0.2, 0) is 13.1 Å². The Morgan fingerprint density at radius 3 is 1.31 bits per heavy atom. The molecular weight excluding hydrogens is 937 g/mol. The van der Waals surface area contributed by atoms with Gasteiger partial charge in [0, 0.05) is 60.8 Å². The Labute approximate surface area is 394 Å². The number of nitrogens with one attached hydrogen (secondary N) is 2. The lowest BCUT2D eigenvalue weighted by Gasteiger charge is -2.14. The number of fused-ring (bicyclic) bond motifs is 2. The van der Waals surface area contributed by atoms with Crippen molar-refractivity contribution in [2.24, 2.45) is 0 Å². The summed E-state index contributed by atoms with van der Waals surface area (Å²) in [6.45, 7) is 1.24. The van der Waals surface area contributed by atoms with Gasteiger partial charge in [-0.2, -0.15) is 9.97 Å². The molecule has 0 aliphatic carbocycles. The van der Waals surface area contributed by atoms with E-state index in [1.165, 1.54) is 0 Å². The zero-order valence-electron chi connectivity index (χ0n) is 36.2. The normalized spacial score (nSPS) is 15.6. The van der Waals surface area contributed by atoms with Crippen molar-refractivity contribution >= 4 is 46.5 Å². The van der Waals surface area contributed by atoms with E-state index in [1.54, 1.807) is 69.9 Å². The molecule has 0 saturated carbocycles. The number of benzene rings is 4. The number of aryl methyl sites for hydroxylation is 2. The average molecular weight is 978 g/mol. The first-order chi connectivity index (χ1) is 32.8. The topological polar surface area (TPSA) is 140 Å². The van der Waals surface area contributed by atoms with Gasteiger partial charge in [-0.15, -0.1) is 10.2 Å². The van der Waals surface area contributed by atoms with E-state index in [0.717, 1.165) is 61.3 Å². The number of rotatable bonds is 10. The van der Waals surface area contributed by atoms with Crippen LogP contribution in [0.5, 0.6) is 11.5 Å². The fraction of sp³-hybridized carbons (Fsp3) is 0.261. The van der Waals surface area contributed by atoms with E-state index in [1.807, 2.05) is 24.3 Å². The fourth-order valence-electron chi connectivity index (χ4n) is 8.38. The lowest BCUT2D eigenvalue weighted by atomic mass is 9.93. The maximum absolute atomic E-state index is 13.9. The predicted molar refractivity (Wildman–Crippen MR) is 241 cm³/mol. The Bertz CT molecular complexity index is 2870. The highest BCUT2D eigenvalue weighted by atomic mass is 35.5. The highest BCUT2D eigenvalue weighted by Gasteiger charge is 2.29. The van der Waals surface area contributed by atoms with Crippen LogP contribution < -0.4 is 20.1 Å². The first-order valence-electron chi connectivity index (χ1n) is 21.3. The lowest BCUT2D eigenvalue weighted by Crippen LogP contribution is -2.09. The summed E-state index contributed by atoms with van der Waals surface area (Å²) in [4.78, 5) is 17.3. The maximum atomic E-state index is 13.9. The number of hydrogen-bond donors (Lipinski definition) is 2. The van der Waals surface area contributed by atoms with Crippen LogP contribution in [-0.4, -0.2) is 62.9 Å². The Hall–Kier alpha value is -7.06. The Morgan fingerprint density at radius 1 is 0.559 bits per heavy atom. The molecule has 6 heterocycles. The van der Waals surface area contributed by atoms with Gasteiger partial charge in [0.2, 0.25) is 11.9 Å². The standard InChI is InChI=1S/2C23H20ClF3N6O/c2*1-34-19-10-14(5-6-18(19)32-11-20(24)28-12-32)29-23-30-22-15(4-2-3-7-33(22)31-23)13-8-16(25)21(27)17(26)9-13/h2*5-6,8-12,15H,2-4,7H2,1H3,(H,29,31)/t2*15-/m10/s1. The molecule has 0 spiro atoms. The molecule has 8 aromatic rings. The van der Waals surface area contributed by atoms with Gasteiger partial charge in [0.05, 0.1) is 25.6 Å². The minimum absolute atomic E-state index is 0.337. The first kappa shape index (κ1) is 46.1. The number of imidazole rings is 2. The van der Waals surface area contributed by atoms with Crippen molar-refractivity contribution in [2.75, 3.05) is 24.9 Å². The minimum atomic E-state index is -1.48. The van der Waals surface area contributed by atoms with Crippen LogP contribution in [0.3, 0.4) is 0 Å². The van der Waals surface area contributed by atoms with Crippen molar-refractivity contribution in [2.45, 2.75) is 63.5 Å². The predicted octanol–water partition coefficient (Wildman–Crippen LogP) is 11.2. The van der Waals surface area contributed by atoms with Gasteiger partial charge in [-0.3, -0.25) is 0 Å². The van der Waals surface area contributed by atoms with Gasteiger partial charge in [0.1, 0.15) is 46.1 Å². The monoisotopic (exact) mass is 976 g/mol. The van der Waals surface area contributed by atoms with Gasteiger partial charge < -0.3 is 29.2 Å². The summed E-state index contributed by atoms with van der Waals surface area (Å²) < 4.78 is 101. The van der Waals surface area contributed by atoms with E-state index < -0.39 is 46.7 Å². The number of halogens is 8. The average Bonchev–Trinajstić information content (AvgIpc) is 4.10. The molecule has 4 aromatic carbocycles. The van der Waals surface area contributed by atoms with Crippen LogP contribution in [0.1, 0.15) is 73.1 Å². The van der Waals surface area contributed by atoms with Gasteiger partial charge >= 0.3 is 0 Å². The molecule has 22 heteroatoms. The van der Waals surface area contributed by atoms with Crippen molar-refractivity contribution < 1.29 is 35.8 Å².